The Kier molecular flexibility index (Phi) is 6.19. The molecular weight excluding hydrogens is 397 g/mol. The van der Waals surface area contributed by atoms with Crippen LogP contribution in [-0.2, 0) is 11.4 Å². The highest BCUT2D eigenvalue weighted by molar-refractivity contribution is 7.99. The summed E-state index contributed by atoms with van der Waals surface area (Å²) in [5, 5.41) is 13.1. The predicted molar refractivity (Wildman–Crippen MR) is 104 cm³/mol. The number of methoxy groups -OCH3 is 1. The van der Waals surface area contributed by atoms with Gasteiger partial charge in [-0.05, 0) is 18.2 Å². The van der Waals surface area contributed by atoms with Gasteiger partial charge in [0.1, 0.15) is 12.6 Å². The lowest BCUT2D eigenvalue weighted by atomic mass is 10.1. The van der Waals surface area contributed by atoms with Crippen LogP contribution < -0.4 is 14.8 Å². The minimum absolute atomic E-state index is 0.172. The standard InChI is InChI=1S/C18H17Cl2NO4S/c1-24-15-7-2-4-10(17-21-14(9-26-17)18(22)23)16(15)25-8-11-12(19)5-3-6-13(11)20/h2-7,14,17,21H,8-9H2,1H3,(H,22,23). The molecule has 2 atom stereocenters. The zero-order valence-electron chi connectivity index (χ0n) is 13.9. The number of halogens is 2. The molecule has 2 aromatic carbocycles. The van der Waals surface area contributed by atoms with Gasteiger partial charge in [0, 0.05) is 26.9 Å². The van der Waals surface area contributed by atoms with Crippen molar-refractivity contribution in [1.82, 2.24) is 5.32 Å². The molecule has 1 saturated heterocycles. The molecule has 1 fully saturated rings. The maximum atomic E-state index is 11.2. The predicted octanol–water partition coefficient (Wildman–Crippen LogP) is 4.37. The summed E-state index contributed by atoms with van der Waals surface area (Å²) in [5.41, 5.74) is 1.50. The number of ether oxygens (including phenoxy) is 2. The van der Waals surface area contributed by atoms with Gasteiger partial charge in [0.2, 0.25) is 0 Å². The van der Waals surface area contributed by atoms with E-state index in [4.69, 9.17) is 32.7 Å². The van der Waals surface area contributed by atoms with Crippen molar-refractivity contribution in [3.63, 3.8) is 0 Å². The summed E-state index contributed by atoms with van der Waals surface area (Å²) in [4.78, 5) is 11.2. The van der Waals surface area contributed by atoms with Gasteiger partial charge in [0.15, 0.2) is 11.5 Å². The topological polar surface area (TPSA) is 67.8 Å². The lowest BCUT2D eigenvalue weighted by Crippen LogP contribution is -2.33. The normalized spacial score (nSPS) is 19.3. The zero-order chi connectivity index (χ0) is 18.7. The molecule has 26 heavy (non-hydrogen) atoms. The second-order valence-corrected chi connectivity index (χ2v) is 7.59. The Bertz CT molecular complexity index is 798. The first-order valence-corrected chi connectivity index (χ1v) is 9.64. The molecule has 2 aromatic rings. The second-order valence-electron chi connectivity index (χ2n) is 5.64. The molecule has 5 nitrogen and oxygen atoms in total. The van der Waals surface area contributed by atoms with Crippen molar-refractivity contribution in [1.29, 1.82) is 0 Å². The van der Waals surface area contributed by atoms with Gasteiger partial charge >= 0.3 is 5.97 Å². The molecule has 2 unspecified atom stereocenters. The van der Waals surface area contributed by atoms with Gasteiger partial charge in [0.05, 0.1) is 12.5 Å². The van der Waals surface area contributed by atoms with E-state index in [1.165, 1.54) is 11.8 Å². The van der Waals surface area contributed by atoms with Gasteiger partial charge in [-0.2, -0.15) is 0 Å². The van der Waals surface area contributed by atoms with Crippen LogP contribution in [0.2, 0.25) is 10.0 Å². The highest BCUT2D eigenvalue weighted by Crippen LogP contribution is 2.42. The van der Waals surface area contributed by atoms with Crippen molar-refractivity contribution in [2.24, 2.45) is 0 Å². The van der Waals surface area contributed by atoms with E-state index >= 15 is 0 Å². The smallest absolute Gasteiger partial charge is 0.321 e. The molecule has 0 aromatic heterocycles. The number of carboxylic acid groups (broad SMARTS) is 1. The molecule has 0 amide bonds. The van der Waals surface area contributed by atoms with Crippen molar-refractivity contribution < 1.29 is 19.4 Å². The first-order chi connectivity index (χ1) is 12.5. The van der Waals surface area contributed by atoms with Crippen LogP contribution in [0.1, 0.15) is 16.5 Å². The number of carboxylic acids is 1. The van der Waals surface area contributed by atoms with Gasteiger partial charge in [0.25, 0.3) is 0 Å². The van der Waals surface area contributed by atoms with Gasteiger partial charge < -0.3 is 14.6 Å². The Morgan fingerprint density at radius 3 is 2.58 bits per heavy atom. The highest BCUT2D eigenvalue weighted by atomic mass is 35.5. The fourth-order valence-electron chi connectivity index (χ4n) is 2.66. The summed E-state index contributed by atoms with van der Waals surface area (Å²) in [6.07, 6.45) is 0. The highest BCUT2D eigenvalue weighted by Gasteiger charge is 2.32. The summed E-state index contributed by atoms with van der Waals surface area (Å²) in [5.74, 6) is 0.717. The SMILES string of the molecule is COc1cccc(C2NC(C(=O)O)CS2)c1OCc1c(Cl)cccc1Cl. The van der Waals surface area contributed by atoms with E-state index in [1.54, 1.807) is 31.4 Å². The minimum atomic E-state index is -0.867. The fraction of sp³-hybridized carbons (Fsp3) is 0.278. The van der Waals surface area contributed by atoms with E-state index in [0.29, 0.717) is 32.9 Å². The molecule has 138 valence electrons. The van der Waals surface area contributed by atoms with Crippen molar-refractivity contribution in [2.75, 3.05) is 12.9 Å². The Balaban J connectivity index is 1.87. The zero-order valence-corrected chi connectivity index (χ0v) is 16.2. The number of benzene rings is 2. The fourth-order valence-corrected chi connectivity index (χ4v) is 4.42. The average molecular weight is 414 g/mol. The first kappa shape index (κ1) is 19.2. The number of rotatable bonds is 6. The number of hydrogen-bond acceptors (Lipinski definition) is 5. The third-order valence-electron chi connectivity index (χ3n) is 4.01. The summed E-state index contributed by atoms with van der Waals surface area (Å²) in [6, 6.07) is 10.2. The van der Waals surface area contributed by atoms with Crippen LogP contribution in [-0.4, -0.2) is 30.0 Å². The monoisotopic (exact) mass is 413 g/mol. The molecule has 1 aliphatic heterocycles. The van der Waals surface area contributed by atoms with Crippen LogP contribution in [0.5, 0.6) is 11.5 Å². The molecule has 2 N–H and O–H groups in total. The Morgan fingerprint density at radius 2 is 1.96 bits per heavy atom. The number of thioether (sulfide) groups is 1. The minimum Gasteiger partial charge on any atom is -0.493 e. The molecule has 1 aliphatic rings. The van der Waals surface area contributed by atoms with Gasteiger partial charge in [-0.3, -0.25) is 10.1 Å². The molecule has 8 heteroatoms. The van der Waals surface area contributed by atoms with E-state index in [0.717, 1.165) is 5.56 Å². The lowest BCUT2D eigenvalue weighted by molar-refractivity contribution is -0.138. The van der Waals surface area contributed by atoms with Gasteiger partial charge in [-0.25, -0.2) is 0 Å². The quantitative estimate of drug-likeness (QED) is 0.732. The molecule has 0 bridgehead atoms. The van der Waals surface area contributed by atoms with Crippen molar-refractivity contribution in [3.05, 3.63) is 57.6 Å². The largest absolute Gasteiger partial charge is 0.493 e. The van der Waals surface area contributed by atoms with Crippen LogP contribution in [0.4, 0.5) is 0 Å². The molecule has 0 saturated carbocycles. The maximum absolute atomic E-state index is 11.2. The third kappa shape index (κ3) is 4.04. The van der Waals surface area contributed by atoms with Crippen LogP contribution in [0.15, 0.2) is 36.4 Å². The Labute approximate surface area is 165 Å². The number of para-hydroxylation sites is 1. The molecule has 3 rings (SSSR count). The molecule has 0 radical (unpaired) electrons. The maximum Gasteiger partial charge on any atom is 0.321 e. The van der Waals surface area contributed by atoms with E-state index in [1.807, 2.05) is 12.1 Å². The van der Waals surface area contributed by atoms with Crippen LogP contribution in [0.3, 0.4) is 0 Å². The number of aliphatic carboxylic acids is 1. The second kappa shape index (κ2) is 8.39. The molecule has 0 spiro atoms. The van der Waals surface area contributed by atoms with Crippen molar-refractivity contribution >= 4 is 40.9 Å². The molecular formula is C18H17Cl2NO4S. The van der Waals surface area contributed by atoms with E-state index < -0.39 is 12.0 Å². The lowest BCUT2D eigenvalue weighted by Gasteiger charge is -2.19. The van der Waals surface area contributed by atoms with Crippen LogP contribution in [0, 0.1) is 0 Å². The Morgan fingerprint density at radius 1 is 1.27 bits per heavy atom. The number of nitrogens with one attached hydrogen (secondary N) is 1. The summed E-state index contributed by atoms with van der Waals surface area (Å²) in [6.45, 7) is 0.172. The molecule has 0 aliphatic carbocycles. The number of hydrogen-bond donors (Lipinski definition) is 2. The van der Waals surface area contributed by atoms with E-state index in [2.05, 4.69) is 5.32 Å². The van der Waals surface area contributed by atoms with Crippen molar-refractivity contribution in [3.8, 4) is 11.5 Å². The first-order valence-electron chi connectivity index (χ1n) is 7.84. The Hall–Kier alpha value is -1.60. The molecule has 1 heterocycles. The van der Waals surface area contributed by atoms with Crippen LogP contribution >= 0.6 is 35.0 Å². The van der Waals surface area contributed by atoms with E-state index in [-0.39, 0.29) is 12.0 Å². The van der Waals surface area contributed by atoms with Gasteiger partial charge in [-0.1, -0.05) is 41.4 Å². The van der Waals surface area contributed by atoms with E-state index in [9.17, 15) is 9.90 Å². The summed E-state index contributed by atoms with van der Waals surface area (Å²) in [7, 11) is 1.56. The third-order valence-corrected chi connectivity index (χ3v) is 5.97. The van der Waals surface area contributed by atoms with Gasteiger partial charge in [-0.15, -0.1) is 11.8 Å². The summed E-state index contributed by atoms with van der Waals surface area (Å²) >= 11 is 13.9. The number of carbonyl (C=O) groups is 1. The van der Waals surface area contributed by atoms with Crippen molar-refractivity contribution in [2.45, 2.75) is 18.0 Å². The van der Waals surface area contributed by atoms with Crippen LogP contribution in [0.25, 0.3) is 0 Å². The summed E-state index contributed by atoms with van der Waals surface area (Å²) < 4.78 is 11.4. The average Bonchev–Trinajstić information content (AvgIpc) is 3.11.